The molecule has 0 aromatic heterocycles. The average molecular weight is 758 g/mol. The van der Waals surface area contributed by atoms with Gasteiger partial charge in [-0.3, -0.25) is 19.8 Å². The molecule has 55 heavy (non-hydrogen) atoms. The first-order chi connectivity index (χ1) is 26.1. The molecule has 300 valence electrons. The summed E-state index contributed by atoms with van der Waals surface area (Å²) in [4.78, 5) is 53.2. The summed E-state index contributed by atoms with van der Waals surface area (Å²) < 4.78 is 4.81. The Balaban J connectivity index is 1.91. The summed E-state index contributed by atoms with van der Waals surface area (Å²) in [6.45, 7) is 14.4. The molecule has 5 N–H and O–H groups in total. The van der Waals surface area contributed by atoms with Crippen molar-refractivity contribution in [2.24, 2.45) is 11.3 Å². The van der Waals surface area contributed by atoms with E-state index in [2.05, 4.69) is 28.3 Å². The quantitative estimate of drug-likeness (QED) is 0.0847. The second kappa shape index (κ2) is 21.4. The van der Waals surface area contributed by atoms with Gasteiger partial charge in [-0.15, -0.1) is 0 Å². The van der Waals surface area contributed by atoms with Crippen LogP contribution >= 0.6 is 0 Å². The van der Waals surface area contributed by atoms with Crippen molar-refractivity contribution in [3.05, 3.63) is 95.6 Å². The Morgan fingerprint density at radius 1 is 0.782 bits per heavy atom. The highest BCUT2D eigenvalue weighted by Crippen LogP contribution is 2.24. The Morgan fingerprint density at radius 3 is 1.95 bits per heavy atom. The summed E-state index contributed by atoms with van der Waals surface area (Å²) in [5, 5.41) is 22.4. The fraction of sp³-hybridized carbons (Fsp3) is 0.500. The van der Waals surface area contributed by atoms with Crippen molar-refractivity contribution in [2.45, 2.75) is 111 Å². The number of benzene rings is 3. The third-order valence-electron chi connectivity index (χ3n) is 9.56. The highest BCUT2D eigenvalue weighted by molar-refractivity contribution is 5.91. The first-order valence-corrected chi connectivity index (χ1v) is 19.5. The van der Waals surface area contributed by atoms with Crippen LogP contribution in [0.1, 0.15) is 90.8 Å². The van der Waals surface area contributed by atoms with Gasteiger partial charge in [0.05, 0.1) is 7.11 Å². The molecule has 3 rings (SSSR count). The zero-order valence-corrected chi connectivity index (χ0v) is 34.0. The molecule has 3 atom stereocenters. The summed E-state index contributed by atoms with van der Waals surface area (Å²) in [7, 11) is 1.25. The number of methoxy groups -OCH3 is 1. The summed E-state index contributed by atoms with van der Waals surface area (Å²) in [5.74, 6) is -1.57. The maximum atomic E-state index is 14.1. The molecule has 0 saturated carbocycles. The molecule has 3 aromatic carbocycles. The number of rotatable bonds is 20. The number of hydrogen-bond acceptors (Lipinski definition) is 7. The standard InChI is InChI=1S/C44H63N5O6/c1-9-15-32-18-20-33(21-19-32)29-44(54,41(52)46-37(31(3)4)39(50)45-27-10-2)26-14-28-49(48-40(51)38(43(5,6)7)47-42(53)55-8)30-34-22-24-36(25-23-34)35-16-12-11-13-17-35/h11-13,16-25,31,37-38,54H,9-10,14-15,26-30H2,1-8H3,(H,45,50)(H,46,52)(H,47,53)(H,48,51)/t37-,38+,44+/m0/s1. The van der Waals surface area contributed by atoms with Gasteiger partial charge in [-0.1, -0.05) is 134 Å². The Kier molecular flexibility index (Phi) is 17.4. The van der Waals surface area contributed by atoms with E-state index >= 15 is 0 Å². The molecular weight excluding hydrogens is 695 g/mol. The fourth-order valence-electron chi connectivity index (χ4n) is 6.36. The lowest BCUT2D eigenvalue weighted by Gasteiger charge is -2.34. The molecule has 0 fully saturated rings. The van der Waals surface area contributed by atoms with Gasteiger partial charge in [0.25, 0.3) is 11.8 Å². The number of carbonyl (C=O) groups excluding carboxylic acids is 4. The molecule has 0 saturated heterocycles. The maximum Gasteiger partial charge on any atom is 0.407 e. The molecule has 0 unspecified atom stereocenters. The normalized spacial score (nSPS) is 13.7. The van der Waals surface area contributed by atoms with Crippen molar-refractivity contribution in [3.63, 3.8) is 0 Å². The van der Waals surface area contributed by atoms with Crippen molar-refractivity contribution >= 4 is 23.8 Å². The van der Waals surface area contributed by atoms with E-state index in [4.69, 9.17) is 4.74 Å². The fourth-order valence-corrected chi connectivity index (χ4v) is 6.36. The van der Waals surface area contributed by atoms with E-state index in [-0.39, 0.29) is 31.2 Å². The molecule has 0 bridgehead atoms. The van der Waals surface area contributed by atoms with Crippen LogP contribution in [0.5, 0.6) is 0 Å². The lowest BCUT2D eigenvalue weighted by molar-refractivity contribution is -0.144. The molecule has 11 heteroatoms. The molecule has 4 amide bonds. The van der Waals surface area contributed by atoms with Crippen LogP contribution in [0, 0.1) is 11.3 Å². The minimum absolute atomic E-state index is 0.0368. The van der Waals surface area contributed by atoms with Crippen molar-refractivity contribution in [1.82, 2.24) is 26.4 Å². The number of carbonyl (C=O) groups is 4. The molecule has 0 heterocycles. The minimum atomic E-state index is -1.86. The molecule has 0 radical (unpaired) electrons. The number of aryl methyl sites for hydroxylation is 1. The molecule has 11 nitrogen and oxygen atoms in total. The number of nitrogens with zero attached hydrogens (tertiary/aromatic N) is 1. The highest BCUT2D eigenvalue weighted by atomic mass is 16.5. The van der Waals surface area contributed by atoms with Crippen LogP contribution in [0.15, 0.2) is 78.9 Å². The number of aliphatic hydroxyl groups is 1. The summed E-state index contributed by atoms with van der Waals surface area (Å²) in [6, 6.07) is 24.2. The van der Waals surface area contributed by atoms with Gasteiger partial charge in [-0.2, -0.15) is 0 Å². The third kappa shape index (κ3) is 14.1. The maximum absolute atomic E-state index is 14.1. The number of alkyl carbamates (subject to hydrolysis) is 1. The Hall–Kier alpha value is -4.74. The average Bonchev–Trinajstić information content (AvgIpc) is 3.15. The predicted molar refractivity (Wildman–Crippen MR) is 218 cm³/mol. The Bertz CT molecular complexity index is 1660. The molecule has 0 spiro atoms. The van der Waals surface area contributed by atoms with E-state index < -0.39 is 41.0 Å². The monoisotopic (exact) mass is 757 g/mol. The lowest BCUT2D eigenvalue weighted by Crippen LogP contribution is -2.58. The molecule has 0 aliphatic rings. The number of nitrogens with one attached hydrogen (secondary N) is 4. The minimum Gasteiger partial charge on any atom is -0.453 e. The Morgan fingerprint density at radius 2 is 1.38 bits per heavy atom. The molecular formula is C44H63N5O6. The van der Waals surface area contributed by atoms with E-state index in [9.17, 15) is 24.3 Å². The van der Waals surface area contributed by atoms with Crippen molar-refractivity contribution in [1.29, 1.82) is 0 Å². The number of amides is 4. The Labute approximate surface area is 328 Å². The van der Waals surface area contributed by atoms with Crippen LogP contribution in [0.3, 0.4) is 0 Å². The van der Waals surface area contributed by atoms with Crippen LogP contribution in [0.25, 0.3) is 11.1 Å². The van der Waals surface area contributed by atoms with Gasteiger partial charge in [-0.25, -0.2) is 9.80 Å². The van der Waals surface area contributed by atoms with Crippen molar-refractivity contribution in [3.8, 4) is 11.1 Å². The van der Waals surface area contributed by atoms with Gasteiger partial charge in [0.2, 0.25) is 5.91 Å². The van der Waals surface area contributed by atoms with Gasteiger partial charge < -0.3 is 25.8 Å². The van der Waals surface area contributed by atoms with Crippen LogP contribution in [0.2, 0.25) is 0 Å². The van der Waals surface area contributed by atoms with Crippen LogP contribution in [-0.2, 0) is 38.5 Å². The SMILES string of the molecule is CCCNC(=O)[C@@H](NC(=O)[C@@](O)(CCCN(Cc1ccc(-c2ccccc2)cc1)NC(=O)[C@@H](NC(=O)OC)C(C)(C)C)Cc1ccc(CCC)cc1)C(C)C. The van der Waals surface area contributed by atoms with Crippen LogP contribution in [-0.4, -0.2) is 71.8 Å². The highest BCUT2D eigenvalue weighted by Gasteiger charge is 2.39. The number of hydrazine groups is 1. The topological polar surface area (TPSA) is 149 Å². The first kappa shape index (κ1) is 44.7. The smallest absolute Gasteiger partial charge is 0.407 e. The number of ether oxygens (including phenoxy) is 1. The van der Waals surface area contributed by atoms with Gasteiger partial charge in [0, 0.05) is 26.1 Å². The van der Waals surface area contributed by atoms with E-state index in [0.717, 1.165) is 41.5 Å². The molecule has 0 aliphatic heterocycles. The van der Waals surface area contributed by atoms with Crippen LogP contribution < -0.4 is 21.4 Å². The van der Waals surface area contributed by atoms with E-state index in [1.54, 1.807) is 5.01 Å². The van der Waals surface area contributed by atoms with Crippen LogP contribution in [0.4, 0.5) is 4.79 Å². The largest absolute Gasteiger partial charge is 0.453 e. The number of hydrogen-bond donors (Lipinski definition) is 5. The van der Waals surface area contributed by atoms with E-state index in [1.165, 1.54) is 12.7 Å². The van der Waals surface area contributed by atoms with Gasteiger partial charge in [0.15, 0.2) is 0 Å². The second-order valence-electron chi connectivity index (χ2n) is 15.8. The third-order valence-corrected chi connectivity index (χ3v) is 9.56. The predicted octanol–water partition coefficient (Wildman–Crippen LogP) is 6.33. The summed E-state index contributed by atoms with van der Waals surface area (Å²) in [6.07, 6.45) is 2.34. The van der Waals surface area contributed by atoms with Crippen molar-refractivity contribution in [2.75, 3.05) is 20.2 Å². The zero-order chi connectivity index (χ0) is 40.6. The van der Waals surface area contributed by atoms with Gasteiger partial charge >= 0.3 is 6.09 Å². The van der Waals surface area contributed by atoms with Crippen molar-refractivity contribution < 1.29 is 29.0 Å². The van der Waals surface area contributed by atoms with Gasteiger partial charge in [-0.05, 0) is 64.8 Å². The molecule has 0 aliphatic carbocycles. The zero-order valence-electron chi connectivity index (χ0n) is 34.0. The van der Waals surface area contributed by atoms with E-state index in [0.29, 0.717) is 19.5 Å². The first-order valence-electron chi connectivity index (χ1n) is 19.5. The summed E-state index contributed by atoms with van der Waals surface area (Å²) in [5.41, 5.74) is 5.51. The van der Waals surface area contributed by atoms with Gasteiger partial charge in [0.1, 0.15) is 17.7 Å². The summed E-state index contributed by atoms with van der Waals surface area (Å²) >= 11 is 0. The lowest BCUT2D eigenvalue weighted by atomic mass is 9.86. The van der Waals surface area contributed by atoms with E-state index in [1.807, 2.05) is 120 Å². The second-order valence-corrected chi connectivity index (χ2v) is 15.8. The molecule has 3 aromatic rings.